The highest BCUT2D eigenvalue weighted by Gasteiger charge is 2.38. The predicted octanol–water partition coefficient (Wildman–Crippen LogP) is 5.16. The fourth-order valence-corrected chi connectivity index (χ4v) is 3.80. The molecule has 0 spiro atoms. The summed E-state index contributed by atoms with van der Waals surface area (Å²) in [6.45, 7) is 12.7. The Morgan fingerprint density at radius 3 is 2.42 bits per heavy atom. The van der Waals surface area contributed by atoms with Gasteiger partial charge in [0.15, 0.2) is 0 Å². The summed E-state index contributed by atoms with van der Waals surface area (Å²) in [6, 6.07) is 8.73. The van der Waals surface area contributed by atoms with E-state index in [9.17, 15) is 5.11 Å². The van der Waals surface area contributed by atoms with Gasteiger partial charge >= 0.3 is 0 Å². The lowest BCUT2D eigenvalue weighted by atomic mass is 9.79. The Labute approximate surface area is 146 Å². The van der Waals surface area contributed by atoms with Crippen molar-refractivity contribution in [3.8, 4) is 11.3 Å². The molecule has 2 aromatic rings. The lowest BCUT2D eigenvalue weighted by molar-refractivity contribution is 0.0364. The van der Waals surface area contributed by atoms with E-state index in [1.54, 1.807) is 0 Å². The Bertz CT molecular complexity index is 645. The molecule has 0 fully saturated rings. The molecule has 0 bridgehead atoms. The van der Waals surface area contributed by atoms with Crippen LogP contribution < -0.4 is 0 Å². The summed E-state index contributed by atoms with van der Waals surface area (Å²) in [7, 11) is 0. The van der Waals surface area contributed by atoms with Crippen LogP contribution in [0.3, 0.4) is 0 Å². The fourth-order valence-electron chi connectivity index (χ4n) is 3.80. The number of benzene rings is 1. The molecule has 2 unspecified atom stereocenters. The third kappa shape index (κ3) is 3.41. The van der Waals surface area contributed by atoms with Crippen molar-refractivity contribution < 1.29 is 5.11 Å². The van der Waals surface area contributed by atoms with Gasteiger partial charge in [-0.2, -0.15) is 0 Å². The van der Waals surface area contributed by atoms with Gasteiger partial charge in [-0.25, -0.2) is 4.98 Å². The van der Waals surface area contributed by atoms with E-state index < -0.39 is 0 Å². The number of aliphatic hydroxyl groups is 1. The quantitative estimate of drug-likeness (QED) is 0.823. The number of nitrogens with zero attached hydrogens (tertiary/aromatic N) is 2. The number of hydrogen-bond donors (Lipinski definition) is 1. The van der Waals surface area contributed by atoms with Crippen LogP contribution in [0.4, 0.5) is 0 Å². The van der Waals surface area contributed by atoms with Crippen LogP contribution in [-0.4, -0.2) is 20.8 Å². The Morgan fingerprint density at radius 2 is 1.79 bits per heavy atom. The lowest BCUT2D eigenvalue weighted by Crippen LogP contribution is -2.34. The maximum Gasteiger partial charge on any atom is 0.0956 e. The summed E-state index contributed by atoms with van der Waals surface area (Å²) in [5.41, 5.74) is 3.75. The highest BCUT2D eigenvalue weighted by molar-refractivity contribution is 5.69. The van der Waals surface area contributed by atoms with Crippen LogP contribution in [-0.2, 0) is 0 Å². The molecule has 3 nitrogen and oxygen atoms in total. The summed E-state index contributed by atoms with van der Waals surface area (Å²) in [4.78, 5) is 4.34. The minimum atomic E-state index is -0.311. The molecule has 1 aromatic heterocycles. The summed E-state index contributed by atoms with van der Waals surface area (Å²) in [6.07, 6.45) is 4.55. The van der Waals surface area contributed by atoms with Gasteiger partial charge in [-0.1, -0.05) is 65.8 Å². The molecule has 24 heavy (non-hydrogen) atoms. The summed E-state index contributed by atoms with van der Waals surface area (Å²) in [5.74, 6) is 1.01. The highest BCUT2D eigenvalue weighted by Crippen LogP contribution is 2.46. The zero-order valence-corrected chi connectivity index (χ0v) is 15.9. The molecule has 0 radical (unpaired) electrons. The SMILES string of the molecule is CC.CC(C)CC(C(O)C(C)C)[C@@H]1c2ccccc2-c2cncn21. The van der Waals surface area contributed by atoms with E-state index >= 15 is 0 Å². The van der Waals surface area contributed by atoms with Gasteiger partial charge in [-0.3, -0.25) is 0 Å². The first-order valence-electron chi connectivity index (χ1n) is 9.30. The number of imidazole rings is 1. The van der Waals surface area contributed by atoms with Crippen molar-refractivity contribution in [1.29, 1.82) is 0 Å². The number of rotatable bonds is 5. The van der Waals surface area contributed by atoms with Crippen LogP contribution >= 0.6 is 0 Å². The third-order valence-corrected chi connectivity index (χ3v) is 4.79. The second-order valence-corrected chi connectivity index (χ2v) is 7.25. The van der Waals surface area contributed by atoms with Crippen molar-refractivity contribution in [3.05, 3.63) is 42.4 Å². The molecule has 3 rings (SSSR count). The minimum absolute atomic E-state index is 0.188. The van der Waals surface area contributed by atoms with E-state index in [4.69, 9.17) is 0 Å². The van der Waals surface area contributed by atoms with Crippen molar-refractivity contribution in [3.63, 3.8) is 0 Å². The van der Waals surface area contributed by atoms with Gasteiger partial charge in [0, 0.05) is 11.5 Å². The molecular formula is C21H32N2O. The number of aliphatic hydroxyl groups excluding tert-OH is 1. The Kier molecular flexibility index (Phi) is 6.22. The average molecular weight is 329 g/mol. The first-order valence-corrected chi connectivity index (χ1v) is 9.30. The molecule has 0 amide bonds. The third-order valence-electron chi connectivity index (χ3n) is 4.79. The Morgan fingerprint density at radius 1 is 1.12 bits per heavy atom. The number of aromatic nitrogens is 2. The highest BCUT2D eigenvalue weighted by atomic mass is 16.3. The van der Waals surface area contributed by atoms with Gasteiger partial charge in [-0.05, 0) is 23.8 Å². The number of fused-ring (bicyclic) bond motifs is 3. The molecule has 0 aliphatic carbocycles. The molecular weight excluding hydrogens is 296 g/mol. The maximum absolute atomic E-state index is 10.9. The first kappa shape index (κ1) is 18.7. The topological polar surface area (TPSA) is 38.1 Å². The van der Waals surface area contributed by atoms with Crippen molar-refractivity contribution in [2.45, 2.75) is 60.1 Å². The molecule has 1 aliphatic heterocycles. The molecule has 0 saturated carbocycles. The van der Waals surface area contributed by atoms with Gasteiger partial charge < -0.3 is 9.67 Å². The van der Waals surface area contributed by atoms with E-state index in [1.165, 1.54) is 16.8 Å². The zero-order valence-electron chi connectivity index (χ0n) is 15.9. The van der Waals surface area contributed by atoms with Crippen LogP contribution in [0.2, 0.25) is 0 Å². The van der Waals surface area contributed by atoms with Crippen molar-refractivity contribution >= 4 is 0 Å². The van der Waals surface area contributed by atoms with Crippen LogP contribution in [0.5, 0.6) is 0 Å². The zero-order chi connectivity index (χ0) is 17.9. The Hall–Kier alpha value is -1.61. The van der Waals surface area contributed by atoms with Crippen molar-refractivity contribution in [2.24, 2.45) is 17.8 Å². The van der Waals surface area contributed by atoms with Gasteiger partial charge in [0.05, 0.1) is 30.4 Å². The normalized spacial score (nSPS) is 18.0. The van der Waals surface area contributed by atoms with Gasteiger partial charge in [0.2, 0.25) is 0 Å². The summed E-state index contributed by atoms with van der Waals surface area (Å²) in [5, 5.41) is 10.9. The Balaban J connectivity index is 0.00000100. The van der Waals surface area contributed by atoms with Gasteiger partial charge in [0.1, 0.15) is 0 Å². The summed E-state index contributed by atoms with van der Waals surface area (Å²) < 4.78 is 2.25. The van der Waals surface area contributed by atoms with E-state index in [2.05, 4.69) is 61.5 Å². The molecule has 132 valence electrons. The number of hydrogen-bond acceptors (Lipinski definition) is 2. The van der Waals surface area contributed by atoms with E-state index in [0.29, 0.717) is 5.92 Å². The van der Waals surface area contributed by atoms with Gasteiger partial charge in [-0.15, -0.1) is 0 Å². The second kappa shape index (κ2) is 7.98. The first-order chi connectivity index (χ1) is 11.5. The van der Waals surface area contributed by atoms with Crippen LogP contribution in [0.1, 0.15) is 59.6 Å². The molecule has 3 heteroatoms. The predicted molar refractivity (Wildman–Crippen MR) is 101 cm³/mol. The van der Waals surface area contributed by atoms with E-state index in [0.717, 1.165) is 6.42 Å². The summed E-state index contributed by atoms with van der Waals surface area (Å²) >= 11 is 0. The van der Waals surface area contributed by atoms with Gasteiger partial charge in [0.25, 0.3) is 0 Å². The van der Waals surface area contributed by atoms with Crippen molar-refractivity contribution in [1.82, 2.24) is 9.55 Å². The molecule has 2 heterocycles. The van der Waals surface area contributed by atoms with Crippen LogP contribution in [0.15, 0.2) is 36.8 Å². The van der Waals surface area contributed by atoms with Crippen LogP contribution in [0, 0.1) is 17.8 Å². The molecule has 1 aliphatic rings. The molecule has 0 saturated heterocycles. The standard InChI is InChI=1S/C19H26N2O.C2H6/c1-12(2)9-16(19(22)13(3)4)18-15-8-6-5-7-14(15)17-10-20-11-21(17)18;1-2/h5-8,10-13,16,18-19,22H,9H2,1-4H3;1-2H3/t16?,18-,19?;/m0./s1. The van der Waals surface area contributed by atoms with E-state index in [1.807, 2.05) is 26.4 Å². The molecule has 1 N–H and O–H groups in total. The average Bonchev–Trinajstić information content (AvgIpc) is 3.14. The largest absolute Gasteiger partial charge is 0.392 e. The van der Waals surface area contributed by atoms with E-state index in [-0.39, 0.29) is 24.0 Å². The fraction of sp³-hybridized carbons (Fsp3) is 0.571. The monoisotopic (exact) mass is 328 g/mol. The minimum Gasteiger partial charge on any atom is -0.392 e. The second-order valence-electron chi connectivity index (χ2n) is 7.25. The van der Waals surface area contributed by atoms with Crippen molar-refractivity contribution in [2.75, 3.05) is 0 Å². The smallest absolute Gasteiger partial charge is 0.0956 e. The molecule has 3 atom stereocenters. The van der Waals surface area contributed by atoms with Crippen LogP contribution in [0.25, 0.3) is 11.3 Å². The maximum atomic E-state index is 10.9. The molecule has 1 aromatic carbocycles. The lowest BCUT2D eigenvalue weighted by Gasteiger charge is -2.33.